The van der Waals surface area contributed by atoms with Crippen LogP contribution in [-0.4, -0.2) is 91.8 Å². The summed E-state index contributed by atoms with van der Waals surface area (Å²) in [4.78, 5) is 28.0. The molecule has 0 aromatic heterocycles. The van der Waals surface area contributed by atoms with E-state index in [1.807, 2.05) is 24.3 Å². The molecule has 174 valence electrons. The van der Waals surface area contributed by atoms with E-state index in [1.165, 1.54) is 0 Å². The van der Waals surface area contributed by atoms with Crippen LogP contribution in [0.4, 0.5) is 0 Å². The third-order valence-corrected chi connectivity index (χ3v) is 6.34. The van der Waals surface area contributed by atoms with Crippen molar-refractivity contribution in [3.05, 3.63) is 41.5 Å². The van der Waals surface area contributed by atoms with Crippen molar-refractivity contribution in [3.8, 4) is 5.75 Å². The van der Waals surface area contributed by atoms with Gasteiger partial charge in [-0.3, -0.25) is 9.59 Å². The summed E-state index contributed by atoms with van der Waals surface area (Å²) in [6.45, 7) is 1.33. The lowest BCUT2D eigenvalue weighted by Gasteiger charge is -2.41. The Balaban J connectivity index is 1.71. The van der Waals surface area contributed by atoms with Crippen molar-refractivity contribution in [2.45, 2.75) is 30.6 Å². The summed E-state index contributed by atoms with van der Waals surface area (Å²) < 4.78 is 16.7. The topological polar surface area (TPSA) is 118 Å². The number of hydrogen-bond acceptors (Lipinski definition) is 7. The molecule has 0 bridgehead atoms. The molecule has 4 rings (SSSR count). The SMILES string of the molecule is COCCN(C(=O)C1CCOC1)C1C=C(C(=O)NCCO)C2c3ccccc3OC2C1O. The fourth-order valence-electron chi connectivity index (χ4n) is 4.75. The maximum Gasteiger partial charge on any atom is 0.247 e. The van der Waals surface area contributed by atoms with Gasteiger partial charge in [0.25, 0.3) is 0 Å². The highest BCUT2D eigenvalue weighted by molar-refractivity contribution is 5.96. The molecule has 0 spiro atoms. The first-order chi connectivity index (χ1) is 15.6. The largest absolute Gasteiger partial charge is 0.486 e. The van der Waals surface area contributed by atoms with Gasteiger partial charge in [0.1, 0.15) is 18.0 Å². The first-order valence-electron chi connectivity index (χ1n) is 11.0. The van der Waals surface area contributed by atoms with E-state index in [4.69, 9.17) is 19.3 Å². The van der Waals surface area contributed by atoms with Gasteiger partial charge < -0.3 is 34.6 Å². The third kappa shape index (κ3) is 4.25. The second-order valence-electron chi connectivity index (χ2n) is 8.27. The maximum atomic E-state index is 13.3. The standard InChI is InChI=1S/C23H30N2O7/c1-30-11-8-25(23(29)14-6-10-31-13-14)17-12-16(22(28)24-7-9-26)19-15-4-2-3-5-18(15)32-21(19)20(17)27/h2-5,12,14,17,19-21,26-27H,6-11,13H2,1H3,(H,24,28). The molecule has 1 aliphatic carbocycles. The Bertz CT molecular complexity index is 868. The first-order valence-corrected chi connectivity index (χ1v) is 11.0. The highest BCUT2D eigenvalue weighted by Gasteiger charge is 2.50. The number of nitrogens with one attached hydrogen (secondary N) is 1. The minimum absolute atomic E-state index is 0.106. The van der Waals surface area contributed by atoms with Crippen LogP contribution in [0.5, 0.6) is 5.75 Å². The van der Waals surface area contributed by atoms with Crippen LogP contribution in [0.15, 0.2) is 35.9 Å². The molecule has 2 aliphatic heterocycles. The number of carbonyl (C=O) groups excluding carboxylic acids is 2. The lowest BCUT2D eigenvalue weighted by molar-refractivity contribution is -0.142. The number of aliphatic hydroxyl groups excluding tert-OH is 2. The van der Waals surface area contributed by atoms with Crippen molar-refractivity contribution < 1.29 is 34.0 Å². The second kappa shape index (κ2) is 9.99. The molecule has 1 aromatic rings. The Morgan fingerprint density at radius 2 is 2.12 bits per heavy atom. The lowest BCUT2D eigenvalue weighted by atomic mass is 9.77. The molecule has 2 amide bonds. The quantitative estimate of drug-likeness (QED) is 0.507. The van der Waals surface area contributed by atoms with Gasteiger partial charge in [-0.05, 0) is 18.6 Å². The van der Waals surface area contributed by atoms with Crippen molar-refractivity contribution in [2.24, 2.45) is 5.92 Å². The monoisotopic (exact) mass is 446 g/mol. The van der Waals surface area contributed by atoms with E-state index in [-0.39, 0.29) is 44.0 Å². The molecule has 0 saturated carbocycles. The van der Waals surface area contributed by atoms with Crippen molar-refractivity contribution in [2.75, 3.05) is 46.6 Å². The number of benzene rings is 1. The van der Waals surface area contributed by atoms with Gasteiger partial charge in [-0.25, -0.2) is 0 Å². The number of nitrogens with zero attached hydrogens (tertiary/aromatic N) is 1. The smallest absolute Gasteiger partial charge is 0.247 e. The molecule has 32 heavy (non-hydrogen) atoms. The number of amides is 2. The van der Waals surface area contributed by atoms with Crippen LogP contribution in [0.1, 0.15) is 17.9 Å². The van der Waals surface area contributed by atoms with Gasteiger partial charge in [0.05, 0.1) is 37.7 Å². The molecule has 1 saturated heterocycles. The molecule has 2 heterocycles. The lowest BCUT2D eigenvalue weighted by Crippen LogP contribution is -2.57. The minimum atomic E-state index is -1.04. The molecule has 1 aromatic carbocycles. The minimum Gasteiger partial charge on any atom is -0.486 e. The van der Waals surface area contributed by atoms with E-state index in [0.717, 1.165) is 5.56 Å². The number of rotatable bonds is 8. The fourth-order valence-corrected chi connectivity index (χ4v) is 4.75. The van der Waals surface area contributed by atoms with Gasteiger partial charge >= 0.3 is 0 Å². The fraction of sp³-hybridized carbons (Fsp3) is 0.565. The highest BCUT2D eigenvalue weighted by Crippen LogP contribution is 2.47. The Morgan fingerprint density at radius 1 is 1.31 bits per heavy atom. The van der Waals surface area contributed by atoms with E-state index < -0.39 is 24.2 Å². The number of para-hydroxylation sites is 1. The molecule has 3 aliphatic rings. The van der Waals surface area contributed by atoms with E-state index in [1.54, 1.807) is 18.1 Å². The summed E-state index contributed by atoms with van der Waals surface area (Å²) in [5, 5.41) is 23.2. The van der Waals surface area contributed by atoms with Crippen molar-refractivity contribution >= 4 is 11.8 Å². The van der Waals surface area contributed by atoms with Crippen molar-refractivity contribution in [3.63, 3.8) is 0 Å². The van der Waals surface area contributed by atoms with Gasteiger partial charge in [-0.2, -0.15) is 0 Å². The van der Waals surface area contributed by atoms with Crippen LogP contribution in [0, 0.1) is 5.92 Å². The summed E-state index contributed by atoms with van der Waals surface area (Å²) in [6.07, 6.45) is 0.542. The average Bonchev–Trinajstić information content (AvgIpc) is 3.47. The molecular weight excluding hydrogens is 416 g/mol. The number of aliphatic hydroxyl groups is 2. The number of carbonyl (C=O) groups is 2. The molecule has 5 unspecified atom stereocenters. The zero-order valence-electron chi connectivity index (χ0n) is 18.1. The Kier molecular flexibility index (Phi) is 7.10. The Hall–Kier alpha value is -2.46. The summed E-state index contributed by atoms with van der Waals surface area (Å²) in [5.41, 5.74) is 1.24. The van der Waals surface area contributed by atoms with Crippen LogP contribution >= 0.6 is 0 Å². The molecule has 1 fully saturated rings. The van der Waals surface area contributed by atoms with E-state index in [2.05, 4.69) is 5.32 Å². The third-order valence-electron chi connectivity index (χ3n) is 6.34. The number of fused-ring (bicyclic) bond motifs is 3. The molecule has 5 atom stereocenters. The zero-order valence-corrected chi connectivity index (χ0v) is 18.1. The van der Waals surface area contributed by atoms with Crippen LogP contribution in [0.25, 0.3) is 0 Å². The predicted octanol–water partition coefficient (Wildman–Crippen LogP) is -0.179. The Morgan fingerprint density at radius 3 is 2.84 bits per heavy atom. The number of methoxy groups -OCH3 is 1. The van der Waals surface area contributed by atoms with Crippen molar-refractivity contribution in [1.82, 2.24) is 10.2 Å². The first kappa shape index (κ1) is 22.7. The molecule has 9 heteroatoms. The van der Waals surface area contributed by atoms with E-state index in [0.29, 0.717) is 31.0 Å². The van der Waals surface area contributed by atoms with Crippen LogP contribution in [0.3, 0.4) is 0 Å². The average molecular weight is 447 g/mol. The predicted molar refractivity (Wildman–Crippen MR) is 114 cm³/mol. The number of hydrogen-bond donors (Lipinski definition) is 3. The van der Waals surface area contributed by atoms with Crippen LogP contribution < -0.4 is 10.1 Å². The summed E-state index contributed by atoms with van der Waals surface area (Å²) in [7, 11) is 1.55. The second-order valence-corrected chi connectivity index (χ2v) is 8.27. The zero-order chi connectivity index (χ0) is 22.7. The highest BCUT2D eigenvalue weighted by atomic mass is 16.5. The summed E-state index contributed by atoms with van der Waals surface area (Å²) in [5.74, 6) is -0.635. The molecular formula is C23H30N2O7. The van der Waals surface area contributed by atoms with Gasteiger partial charge in [-0.1, -0.05) is 18.2 Å². The van der Waals surface area contributed by atoms with Gasteiger partial charge in [0.15, 0.2) is 0 Å². The van der Waals surface area contributed by atoms with Crippen molar-refractivity contribution in [1.29, 1.82) is 0 Å². The van der Waals surface area contributed by atoms with Gasteiger partial charge in [0.2, 0.25) is 11.8 Å². The van der Waals surface area contributed by atoms with Crippen LogP contribution in [0.2, 0.25) is 0 Å². The maximum absolute atomic E-state index is 13.3. The Labute approximate surface area is 186 Å². The van der Waals surface area contributed by atoms with E-state index >= 15 is 0 Å². The molecule has 3 N–H and O–H groups in total. The summed E-state index contributed by atoms with van der Waals surface area (Å²) >= 11 is 0. The van der Waals surface area contributed by atoms with Crippen LogP contribution in [-0.2, 0) is 19.1 Å². The number of ether oxygens (including phenoxy) is 3. The molecule has 0 radical (unpaired) electrons. The normalized spacial score (nSPS) is 28.3. The van der Waals surface area contributed by atoms with Gasteiger partial charge in [0, 0.05) is 37.9 Å². The molecule has 9 nitrogen and oxygen atoms in total. The summed E-state index contributed by atoms with van der Waals surface area (Å²) in [6, 6.07) is 6.63. The van der Waals surface area contributed by atoms with Gasteiger partial charge in [-0.15, -0.1) is 0 Å². The van der Waals surface area contributed by atoms with E-state index in [9.17, 15) is 14.7 Å².